The van der Waals surface area contributed by atoms with E-state index in [2.05, 4.69) is 71.0 Å². The van der Waals surface area contributed by atoms with E-state index >= 15 is 0 Å². The van der Waals surface area contributed by atoms with E-state index in [-0.39, 0.29) is 6.04 Å². The summed E-state index contributed by atoms with van der Waals surface area (Å²) in [5, 5.41) is 7.95. The van der Waals surface area contributed by atoms with Crippen LogP contribution in [0.1, 0.15) is 35.2 Å². The van der Waals surface area contributed by atoms with Crippen molar-refractivity contribution in [2.45, 2.75) is 26.8 Å². The van der Waals surface area contributed by atoms with Gasteiger partial charge in [-0.05, 0) is 64.0 Å². The molecule has 0 aliphatic heterocycles. The van der Waals surface area contributed by atoms with Crippen LogP contribution in [0.25, 0.3) is 0 Å². The van der Waals surface area contributed by atoms with Gasteiger partial charge >= 0.3 is 0 Å². The largest absolute Gasteiger partial charge is 0.306 e. The molecule has 0 amide bonds. The Balaban J connectivity index is 2.48. The zero-order valence-electron chi connectivity index (χ0n) is 11.0. The molecular weight excluding hydrogens is 306 g/mol. The normalized spacial score (nSPS) is 12.7. The first-order valence-electron chi connectivity index (χ1n) is 6.16. The van der Waals surface area contributed by atoms with Gasteiger partial charge in [-0.15, -0.1) is 0 Å². The average molecular weight is 324 g/mol. The van der Waals surface area contributed by atoms with Crippen molar-refractivity contribution in [3.63, 3.8) is 0 Å². The standard InChI is InChI=1S/C15H18BrNS/c1-4-17-15(13-8-18-9-14(13)16)12-7-5-6-10(2)11(12)3/h5-9,15,17H,4H2,1-3H3. The molecule has 1 unspecified atom stereocenters. The number of rotatable bonds is 4. The zero-order valence-corrected chi connectivity index (χ0v) is 13.4. The molecule has 3 heteroatoms. The Morgan fingerprint density at radius 1 is 1.22 bits per heavy atom. The minimum absolute atomic E-state index is 0.274. The Morgan fingerprint density at radius 2 is 2.00 bits per heavy atom. The van der Waals surface area contributed by atoms with Crippen molar-refractivity contribution in [3.8, 4) is 0 Å². The van der Waals surface area contributed by atoms with Crippen LogP contribution in [0, 0.1) is 13.8 Å². The minimum Gasteiger partial charge on any atom is -0.306 e. The molecule has 1 heterocycles. The van der Waals surface area contributed by atoms with Crippen LogP contribution >= 0.6 is 27.3 Å². The summed E-state index contributed by atoms with van der Waals surface area (Å²) >= 11 is 5.39. The van der Waals surface area contributed by atoms with Gasteiger partial charge in [-0.25, -0.2) is 0 Å². The van der Waals surface area contributed by atoms with Gasteiger partial charge in [0, 0.05) is 9.85 Å². The SMILES string of the molecule is CCNC(c1cscc1Br)c1cccc(C)c1C. The second-order valence-corrected chi connectivity index (χ2v) is 6.05. The van der Waals surface area contributed by atoms with Crippen molar-refractivity contribution in [2.75, 3.05) is 6.54 Å². The van der Waals surface area contributed by atoms with Crippen LogP contribution in [-0.2, 0) is 0 Å². The zero-order chi connectivity index (χ0) is 13.1. The maximum atomic E-state index is 3.65. The highest BCUT2D eigenvalue weighted by atomic mass is 79.9. The quantitative estimate of drug-likeness (QED) is 0.850. The van der Waals surface area contributed by atoms with E-state index in [4.69, 9.17) is 0 Å². The van der Waals surface area contributed by atoms with E-state index in [0.717, 1.165) is 6.54 Å². The third-order valence-electron chi connectivity index (χ3n) is 3.32. The highest BCUT2D eigenvalue weighted by Gasteiger charge is 2.18. The molecule has 1 N–H and O–H groups in total. The summed E-state index contributed by atoms with van der Waals surface area (Å²) in [7, 11) is 0. The Morgan fingerprint density at radius 3 is 2.61 bits per heavy atom. The highest BCUT2D eigenvalue weighted by molar-refractivity contribution is 9.10. The molecule has 0 fully saturated rings. The second kappa shape index (κ2) is 6.00. The van der Waals surface area contributed by atoms with Gasteiger partial charge in [0.2, 0.25) is 0 Å². The number of thiophene rings is 1. The summed E-state index contributed by atoms with van der Waals surface area (Å²) in [4.78, 5) is 0. The molecule has 0 bridgehead atoms. The average Bonchev–Trinajstić information content (AvgIpc) is 2.76. The van der Waals surface area contributed by atoms with Crippen LogP contribution in [0.15, 0.2) is 33.4 Å². The highest BCUT2D eigenvalue weighted by Crippen LogP contribution is 2.33. The molecule has 18 heavy (non-hydrogen) atoms. The molecule has 0 spiro atoms. The fourth-order valence-electron chi connectivity index (χ4n) is 2.18. The Hall–Kier alpha value is -0.640. The molecule has 1 atom stereocenters. The smallest absolute Gasteiger partial charge is 0.0598 e. The van der Waals surface area contributed by atoms with E-state index < -0.39 is 0 Å². The van der Waals surface area contributed by atoms with Gasteiger partial charge in [0.15, 0.2) is 0 Å². The molecule has 96 valence electrons. The number of hydrogen-bond acceptors (Lipinski definition) is 2. The summed E-state index contributed by atoms with van der Waals surface area (Å²) in [5.74, 6) is 0. The molecular formula is C15H18BrNS. The van der Waals surface area contributed by atoms with Gasteiger partial charge in [-0.1, -0.05) is 25.1 Å². The fourth-order valence-corrected chi connectivity index (χ4v) is 3.73. The number of hydrogen-bond donors (Lipinski definition) is 1. The lowest BCUT2D eigenvalue weighted by Crippen LogP contribution is -2.22. The van der Waals surface area contributed by atoms with Crippen LogP contribution in [0.3, 0.4) is 0 Å². The lowest BCUT2D eigenvalue weighted by Gasteiger charge is -2.21. The van der Waals surface area contributed by atoms with Gasteiger partial charge in [0.25, 0.3) is 0 Å². The Labute approximate surface area is 121 Å². The van der Waals surface area contributed by atoms with Crippen LogP contribution in [0.5, 0.6) is 0 Å². The van der Waals surface area contributed by atoms with Gasteiger partial charge in [0.1, 0.15) is 0 Å². The minimum atomic E-state index is 0.274. The molecule has 0 aliphatic carbocycles. The molecule has 2 aromatic rings. The van der Waals surface area contributed by atoms with Crippen molar-refractivity contribution in [2.24, 2.45) is 0 Å². The summed E-state index contributed by atoms with van der Waals surface area (Å²) in [6.45, 7) is 7.48. The predicted molar refractivity (Wildman–Crippen MR) is 83.5 cm³/mol. The molecule has 1 aromatic carbocycles. The summed E-state index contributed by atoms with van der Waals surface area (Å²) in [6.07, 6.45) is 0. The molecule has 0 saturated heterocycles. The Kier molecular flexibility index (Phi) is 4.60. The van der Waals surface area contributed by atoms with Crippen LogP contribution in [0.4, 0.5) is 0 Å². The van der Waals surface area contributed by atoms with Gasteiger partial charge in [-0.3, -0.25) is 0 Å². The summed E-state index contributed by atoms with van der Waals surface area (Å²) in [6, 6.07) is 6.81. The van der Waals surface area contributed by atoms with E-state index in [1.54, 1.807) is 11.3 Å². The molecule has 0 radical (unpaired) electrons. The molecule has 0 aliphatic rings. The van der Waals surface area contributed by atoms with E-state index in [1.165, 1.54) is 26.7 Å². The number of benzene rings is 1. The van der Waals surface area contributed by atoms with Gasteiger partial charge in [0.05, 0.1) is 6.04 Å². The third kappa shape index (κ3) is 2.68. The van der Waals surface area contributed by atoms with Crippen LogP contribution in [0.2, 0.25) is 0 Å². The van der Waals surface area contributed by atoms with Crippen molar-refractivity contribution in [1.82, 2.24) is 5.32 Å². The molecule has 2 rings (SSSR count). The van der Waals surface area contributed by atoms with Crippen molar-refractivity contribution >= 4 is 27.3 Å². The first-order chi connectivity index (χ1) is 8.65. The van der Waals surface area contributed by atoms with Crippen LogP contribution < -0.4 is 5.32 Å². The number of nitrogens with one attached hydrogen (secondary N) is 1. The van der Waals surface area contributed by atoms with Crippen molar-refractivity contribution in [3.05, 3.63) is 55.7 Å². The lowest BCUT2D eigenvalue weighted by molar-refractivity contribution is 0.627. The van der Waals surface area contributed by atoms with E-state index in [1.807, 2.05) is 0 Å². The number of aryl methyl sites for hydroxylation is 1. The van der Waals surface area contributed by atoms with Crippen molar-refractivity contribution in [1.29, 1.82) is 0 Å². The molecule has 1 nitrogen and oxygen atoms in total. The van der Waals surface area contributed by atoms with Gasteiger partial charge in [-0.2, -0.15) is 11.3 Å². The predicted octanol–water partition coefficient (Wildman–Crippen LogP) is 4.83. The molecule has 1 aromatic heterocycles. The number of halogens is 1. The Bertz CT molecular complexity index is 533. The van der Waals surface area contributed by atoms with Crippen LogP contribution in [-0.4, -0.2) is 6.54 Å². The maximum Gasteiger partial charge on any atom is 0.0598 e. The summed E-state index contributed by atoms with van der Waals surface area (Å²) in [5.41, 5.74) is 5.43. The first kappa shape index (κ1) is 13.8. The third-order valence-corrected chi connectivity index (χ3v) is 5.07. The summed E-state index contributed by atoms with van der Waals surface area (Å²) < 4.78 is 1.19. The topological polar surface area (TPSA) is 12.0 Å². The second-order valence-electron chi connectivity index (χ2n) is 4.45. The first-order valence-corrected chi connectivity index (χ1v) is 7.89. The maximum absolute atomic E-state index is 3.65. The lowest BCUT2D eigenvalue weighted by atomic mass is 9.94. The van der Waals surface area contributed by atoms with Gasteiger partial charge < -0.3 is 5.32 Å². The molecule has 0 saturated carbocycles. The monoisotopic (exact) mass is 323 g/mol. The van der Waals surface area contributed by atoms with E-state index in [0.29, 0.717) is 0 Å². The van der Waals surface area contributed by atoms with Crippen molar-refractivity contribution < 1.29 is 0 Å². The van der Waals surface area contributed by atoms with E-state index in [9.17, 15) is 0 Å². The fraction of sp³-hybridized carbons (Fsp3) is 0.333.